The fraction of sp³-hybridized carbons (Fsp3) is 0.182. The molecule has 4 aromatic rings. The molecule has 0 aliphatic rings. The Labute approximate surface area is 217 Å². The predicted octanol–water partition coefficient (Wildman–Crippen LogP) is 2.52. The monoisotopic (exact) mass is 547 g/mol. The van der Waals surface area contributed by atoms with E-state index < -0.39 is 22.3 Å². The number of hydrogen-bond acceptors (Lipinski definition) is 9. The number of hydrazone groups is 1. The summed E-state index contributed by atoms with van der Waals surface area (Å²) in [4.78, 5) is 41.5. The van der Waals surface area contributed by atoms with Crippen molar-refractivity contribution < 1.29 is 14.8 Å². The van der Waals surface area contributed by atoms with Crippen LogP contribution in [-0.2, 0) is 13.6 Å². The van der Waals surface area contributed by atoms with Crippen LogP contribution >= 0.6 is 23.2 Å². The number of H-pyrrole nitrogens is 1. The van der Waals surface area contributed by atoms with E-state index >= 15 is 0 Å². The van der Waals surface area contributed by atoms with Crippen molar-refractivity contribution in [2.45, 2.75) is 12.6 Å². The molecule has 0 spiro atoms. The largest absolute Gasteiger partial charge is 0.489 e. The van der Waals surface area contributed by atoms with Gasteiger partial charge < -0.3 is 14.4 Å². The number of aromatic nitrogens is 4. The average Bonchev–Trinajstić information content (AvgIpc) is 3.21. The molecule has 4 rings (SSSR count). The molecule has 0 aliphatic carbocycles. The van der Waals surface area contributed by atoms with Crippen LogP contribution in [0.4, 0.5) is 11.6 Å². The van der Waals surface area contributed by atoms with Crippen LogP contribution in [0, 0.1) is 10.1 Å². The van der Waals surface area contributed by atoms with Gasteiger partial charge in [0.05, 0.1) is 22.7 Å². The normalized spacial score (nSPS) is 12.2. The van der Waals surface area contributed by atoms with Crippen molar-refractivity contribution in [2.24, 2.45) is 12.1 Å². The summed E-state index contributed by atoms with van der Waals surface area (Å²) in [6.45, 7) is -0.339. The summed E-state index contributed by atoms with van der Waals surface area (Å²) in [6, 6.07) is 10.3. The van der Waals surface area contributed by atoms with Crippen LogP contribution in [0.2, 0.25) is 10.0 Å². The van der Waals surface area contributed by atoms with Gasteiger partial charge in [-0.2, -0.15) is 10.1 Å². The molecule has 0 bridgehead atoms. The fourth-order valence-electron chi connectivity index (χ4n) is 3.39. The molecule has 0 saturated heterocycles. The van der Waals surface area contributed by atoms with Crippen molar-refractivity contribution in [1.82, 2.24) is 19.1 Å². The first-order valence-electron chi connectivity index (χ1n) is 10.6. The minimum Gasteiger partial charge on any atom is -0.489 e. The third kappa shape index (κ3) is 5.80. The number of fused-ring (bicyclic) bond motifs is 1. The number of rotatable bonds is 9. The number of nitro benzene ring substituents is 1. The first-order chi connectivity index (χ1) is 17.6. The number of anilines is 1. The number of aliphatic hydroxyl groups is 1. The smallest absolute Gasteiger partial charge is 0.329 e. The lowest BCUT2D eigenvalue weighted by Crippen LogP contribution is -2.30. The maximum atomic E-state index is 12.6. The topological polar surface area (TPSA) is 170 Å². The zero-order valence-corrected chi connectivity index (χ0v) is 20.6. The number of benzene rings is 2. The van der Waals surface area contributed by atoms with Crippen molar-refractivity contribution in [2.75, 3.05) is 12.0 Å². The Hall–Kier alpha value is -4.20. The quantitative estimate of drug-likeness (QED) is 0.163. The second-order valence-corrected chi connectivity index (χ2v) is 8.64. The minimum absolute atomic E-state index is 0.0266. The number of halogens is 2. The lowest BCUT2D eigenvalue weighted by atomic mass is 10.2. The summed E-state index contributed by atoms with van der Waals surface area (Å²) in [6.07, 6.45) is 0.263. The summed E-state index contributed by atoms with van der Waals surface area (Å²) in [7, 11) is 1.43. The maximum absolute atomic E-state index is 12.6. The van der Waals surface area contributed by atoms with Gasteiger partial charge in [-0.05, 0) is 35.9 Å². The van der Waals surface area contributed by atoms with Gasteiger partial charge in [-0.3, -0.25) is 24.5 Å². The lowest BCUT2D eigenvalue weighted by Gasteiger charge is -2.15. The second-order valence-electron chi connectivity index (χ2n) is 7.79. The van der Waals surface area contributed by atoms with Crippen LogP contribution in [-0.4, -0.2) is 48.1 Å². The molecule has 37 heavy (non-hydrogen) atoms. The van der Waals surface area contributed by atoms with Crippen LogP contribution < -0.4 is 21.4 Å². The van der Waals surface area contributed by atoms with E-state index in [2.05, 4.69) is 20.5 Å². The number of aromatic amines is 1. The van der Waals surface area contributed by atoms with E-state index in [0.717, 1.165) is 4.57 Å². The number of nitrogens with one attached hydrogen (secondary N) is 2. The van der Waals surface area contributed by atoms with E-state index in [9.17, 15) is 24.8 Å². The molecule has 2 aromatic carbocycles. The van der Waals surface area contributed by atoms with Crippen LogP contribution in [0.3, 0.4) is 0 Å². The molecule has 0 radical (unpaired) electrons. The average molecular weight is 548 g/mol. The molecule has 1 unspecified atom stereocenters. The Bertz CT molecular complexity index is 1610. The Morgan fingerprint density at radius 2 is 2.00 bits per heavy atom. The molecule has 2 aromatic heterocycles. The number of aryl methyl sites for hydroxylation is 1. The van der Waals surface area contributed by atoms with E-state index in [1.165, 1.54) is 48.2 Å². The van der Waals surface area contributed by atoms with E-state index in [1.807, 2.05) is 0 Å². The molecule has 192 valence electrons. The van der Waals surface area contributed by atoms with E-state index in [0.29, 0.717) is 16.3 Å². The van der Waals surface area contributed by atoms with Crippen molar-refractivity contribution in [3.8, 4) is 5.75 Å². The number of hydrogen-bond donors (Lipinski definition) is 3. The number of imidazole rings is 1. The number of nitro groups is 1. The molecule has 0 amide bonds. The predicted molar refractivity (Wildman–Crippen MR) is 138 cm³/mol. The van der Waals surface area contributed by atoms with Crippen molar-refractivity contribution in [1.29, 1.82) is 0 Å². The standard InChI is InChI=1S/C22H19Cl2N7O6/c1-29-19-18(20(33)27-22(29)34)30(10-15(32)11-37-17-7-4-13(23)8-16(17)24)21(26-19)28-25-9-12-2-5-14(6-3-12)31(35)36/h2-9,15,32H,10-11H2,1H3,(H,26,28)(H,27,33,34). The van der Waals surface area contributed by atoms with Crippen molar-refractivity contribution in [3.05, 3.63) is 89.0 Å². The van der Waals surface area contributed by atoms with E-state index in [4.69, 9.17) is 27.9 Å². The van der Waals surface area contributed by atoms with Gasteiger partial charge in [-0.15, -0.1) is 0 Å². The molecule has 13 nitrogen and oxygen atoms in total. The summed E-state index contributed by atoms with van der Waals surface area (Å²) < 4.78 is 8.09. The Morgan fingerprint density at radius 3 is 2.68 bits per heavy atom. The van der Waals surface area contributed by atoms with Crippen LogP contribution in [0.25, 0.3) is 11.2 Å². The van der Waals surface area contributed by atoms with Gasteiger partial charge in [-0.1, -0.05) is 23.2 Å². The summed E-state index contributed by atoms with van der Waals surface area (Å²) in [5.74, 6) is 0.371. The highest BCUT2D eigenvalue weighted by Gasteiger charge is 2.20. The molecular formula is C22H19Cl2N7O6. The van der Waals surface area contributed by atoms with E-state index in [-0.39, 0.29) is 41.0 Å². The molecule has 3 N–H and O–H groups in total. The van der Waals surface area contributed by atoms with Crippen LogP contribution in [0.5, 0.6) is 5.75 Å². The molecule has 1 atom stereocenters. The van der Waals surface area contributed by atoms with Gasteiger partial charge in [0, 0.05) is 24.2 Å². The fourth-order valence-corrected chi connectivity index (χ4v) is 3.85. The third-order valence-electron chi connectivity index (χ3n) is 5.21. The zero-order valence-electron chi connectivity index (χ0n) is 19.1. The van der Waals surface area contributed by atoms with Gasteiger partial charge >= 0.3 is 5.69 Å². The highest BCUT2D eigenvalue weighted by molar-refractivity contribution is 6.35. The first-order valence-corrected chi connectivity index (χ1v) is 11.4. The van der Waals surface area contributed by atoms with Gasteiger partial charge in [0.15, 0.2) is 11.2 Å². The molecule has 0 saturated carbocycles. The Balaban J connectivity index is 1.59. The molecule has 0 fully saturated rings. The van der Waals surface area contributed by atoms with E-state index in [1.54, 1.807) is 12.1 Å². The Kier molecular flexibility index (Phi) is 7.57. The van der Waals surface area contributed by atoms with Crippen molar-refractivity contribution in [3.63, 3.8) is 0 Å². The number of ether oxygens (including phenoxy) is 1. The number of non-ortho nitro benzene ring substituents is 1. The number of nitrogens with zero attached hydrogens (tertiary/aromatic N) is 5. The van der Waals surface area contributed by atoms with Gasteiger partial charge in [0.1, 0.15) is 18.5 Å². The highest BCUT2D eigenvalue weighted by Crippen LogP contribution is 2.27. The summed E-state index contributed by atoms with van der Waals surface area (Å²) in [5.41, 5.74) is 1.90. The summed E-state index contributed by atoms with van der Waals surface area (Å²) in [5, 5.41) is 26.2. The van der Waals surface area contributed by atoms with Crippen LogP contribution in [0.1, 0.15) is 5.56 Å². The van der Waals surface area contributed by atoms with Gasteiger partial charge in [-0.25, -0.2) is 10.2 Å². The lowest BCUT2D eigenvalue weighted by molar-refractivity contribution is -0.384. The molecule has 15 heteroatoms. The number of aliphatic hydroxyl groups excluding tert-OH is 1. The molecule has 2 heterocycles. The minimum atomic E-state index is -1.13. The van der Waals surface area contributed by atoms with Crippen LogP contribution in [0.15, 0.2) is 57.2 Å². The van der Waals surface area contributed by atoms with Crippen molar-refractivity contribution >= 4 is 52.2 Å². The molecule has 0 aliphatic heterocycles. The second kappa shape index (κ2) is 10.8. The zero-order chi connectivity index (χ0) is 26.7. The third-order valence-corrected chi connectivity index (χ3v) is 5.74. The SMILES string of the molecule is Cn1c(=O)[nH]c(=O)c2c1nc(NN=Cc1ccc([N+](=O)[O-])cc1)n2CC(O)COc1ccc(Cl)cc1Cl. The Morgan fingerprint density at radius 1 is 1.27 bits per heavy atom. The van der Waals surface area contributed by atoms with Gasteiger partial charge in [0.2, 0.25) is 5.95 Å². The molecular weight excluding hydrogens is 529 g/mol. The highest BCUT2D eigenvalue weighted by atomic mass is 35.5. The maximum Gasteiger partial charge on any atom is 0.329 e. The summed E-state index contributed by atoms with van der Waals surface area (Å²) >= 11 is 12.0. The first kappa shape index (κ1) is 25.9. The van der Waals surface area contributed by atoms with Gasteiger partial charge in [0.25, 0.3) is 11.2 Å².